The molecule has 1 amide bonds. The van der Waals surface area contributed by atoms with Crippen molar-refractivity contribution >= 4 is 22.0 Å². The van der Waals surface area contributed by atoms with Gasteiger partial charge in [0.15, 0.2) is 0 Å². The van der Waals surface area contributed by atoms with E-state index < -0.39 is 6.09 Å². The molecule has 1 fully saturated rings. The van der Waals surface area contributed by atoms with Gasteiger partial charge in [-0.1, -0.05) is 22.0 Å². The van der Waals surface area contributed by atoms with Gasteiger partial charge in [-0.05, 0) is 23.7 Å². The van der Waals surface area contributed by atoms with Crippen molar-refractivity contribution in [3.8, 4) is 0 Å². The molecule has 0 aromatic carbocycles. The van der Waals surface area contributed by atoms with E-state index >= 15 is 0 Å². The van der Waals surface area contributed by atoms with Crippen LogP contribution < -0.4 is 0 Å². The number of carboxylic acid groups (broad SMARTS) is 1. The van der Waals surface area contributed by atoms with E-state index in [1.807, 2.05) is 4.99 Å². The molecule has 1 aliphatic rings. The van der Waals surface area contributed by atoms with Crippen molar-refractivity contribution in [1.29, 1.82) is 0 Å². The second-order valence-electron chi connectivity index (χ2n) is 2.93. The summed E-state index contributed by atoms with van der Waals surface area (Å²) in [6, 6.07) is 0. The number of hydrogen-bond acceptors (Lipinski definition) is 1. The molecule has 68 valence electrons. The lowest BCUT2D eigenvalue weighted by molar-refractivity contribution is 0.129. The maximum atomic E-state index is 10.5. The summed E-state index contributed by atoms with van der Waals surface area (Å²) in [5.41, 5.74) is 0. The highest BCUT2D eigenvalue weighted by Gasteiger charge is 2.19. The van der Waals surface area contributed by atoms with Gasteiger partial charge in [-0.3, -0.25) is 0 Å². The van der Waals surface area contributed by atoms with Gasteiger partial charge in [-0.15, -0.1) is 0 Å². The first-order valence-electron chi connectivity index (χ1n) is 3.99. The fourth-order valence-corrected chi connectivity index (χ4v) is 1.82. The van der Waals surface area contributed by atoms with E-state index in [1.165, 1.54) is 4.90 Å². The van der Waals surface area contributed by atoms with Gasteiger partial charge in [-0.2, -0.15) is 0 Å². The molecule has 0 atom stereocenters. The van der Waals surface area contributed by atoms with Crippen LogP contribution in [0.5, 0.6) is 0 Å². The molecular formula is C8H12BrNO2. The van der Waals surface area contributed by atoms with Crippen LogP contribution in [0.15, 0.2) is 11.1 Å². The average Bonchev–Trinajstić information content (AvgIpc) is 2.06. The fourth-order valence-electron chi connectivity index (χ4n) is 1.39. The lowest BCUT2D eigenvalue weighted by atomic mass is 9.98. The number of carbonyl (C=O) groups is 1. The minimum Gasteiger partial charge on any atom is -0.465 e. The smallest absolute Gasteiger partial charge is 0.407 e. The lowest BCUT2D eigenvalue weighted by Gasteiger charge is -2.28. The first kappa shape index (κ1) is 9.58. The minimum absolute atomic E-state index is 0.542. The number of rotatable bonds is 1. The standard InChI is InChI=1S/C8H12BrNO2/c9-4-1-7-2-5-10(6-3-7)8(11)12/h1,4,7H,2-3,5-6H2,(H,11,12). The zero-order valence-corrected chi connectivity index (χ0v) is 8.33. The molecule has 0 radical (unpaired) electrons. The van der Waals surface area contributed by atoms with Crippen molar-refractivity contribution in [2.75, 3.05) is 13.1 Å². The number of amides is 1. The van der Waals surface area contributed by atoms with Crippen molar-refractivity contribution in [2.24, 2.45) is 5.92 Å². The summed E-state index contributed by atoms with van der Waals surface area (Å²) in [5.74, 6) is 0.542. The molecule has 0 aromatic rings. The highest BCUT2D eigenvalue weighted by atomic mass is 79.9. The van der Waals surface area contributed by atoms with Crippen molar-refractivity contribution in [3.05, 3.63) is 11.1 Å². The molecule has 0 saturated carbocycles. The van der Waals surface area contributed by atoms with Crippen LogP contribution in [0, 0.1) is 5.92 Å². The van der Waals surface area contributed by atoms with E-state index in [1.54, 1.807) is 0 Å². The summed E-state index contributed by atoms with van der Waals surface area (Å²) in [6.07, 6.45) is 3.17. The van der Waals surface area contributed by atoms with Crippen LogP contribution in [-0.2, 0) is 0 Å². The summed E-state index contributed by atoms with van der Waals surface area (Å²) >= 11 is 3.22. The number of nitrogens with zero attached hydrogens (tertiary/aromatic N) is 1. The molecule has 1 aliphatic heterocycles. The monoisotopic (exact) mass is 233 g/mol. The van der Waals surface area contributed by atoms with Gasteiger partial charge in [0, 0.05) is 13.1 Å². The van der Waals surface area contributed by atoms with Gasteiger partial charge < -0.3 is 10.0 Å². The van der Waals surface area contributed by atoms with Crippen LogP contribution in [-0.4, -0.2) is 29.2 Å². The molecule has 12 heavy (non-hydrogen) atoms. The lowest BCUT2D eigenvalue weighted by Crippen LogP contribution is -2.36. The Hall–Kier alpha value is -0.510. The molecule has 0 bridgehead atoms. The SMILES string of the molecule is O=C(O)N1CCC(C=CBr)CC1. The fraction of sp³-hybridized carbons (Fsp3) is 0.625. The van der Waals surface area contributed by atoms with Crippen molar-refractivity contribution < 1.29 is 9.90 Å². The second kappa shape index (κ2) is 4.50. The predicted octanol–water partition coefficient (Wildman–Crippen LogP) is 2.29. The third-order valence-corrected chi connectivity index (χ3v) is 2.46. The molecule has 1 N–H and O–H groups in total. The van der Waals surface area contributed by atoms with Crippen LogP contribution in [0.4, 0.5) is 4.79 Å². The molecule has 3 nitrogen and oxygen atoms in total. The average molecular weight is 234 g/mol. The van der Waals surface area contributed by atoms with E-state index in [0.717, 1.165) is 12.8 Å². The molecular weight excluding hydrogens is 222 g/mol. The number of allylic oxidation sites excluding steroid dienone is 1. The minimum atomic E-state index is -0.795. The van der Waals surface area contributed by atoms with E-state index in [0.29, 0.717) is 19.0 Å². The molecule has 0 aliphatic carbocycles. The van der Waals surface area contributed by atoms with Crippen LogP contribution in [0.3, 0.4) is 0 Å². The Balaban J connectivity index is 2.34. The van der Waals surface area contributed by atoms with Crippen molar-refractivity contribution in [2.45, 2.75) is 12.8 Å². The molecule has 1 rings (SSSR count). The number of halogens is 1. The Morgan fingerprint density at radius 3 is 2.50 bits per heavy atom. The van der Waals surface area contributed by atoms with E-state index in [2.05, 4.69) is 22.0 Å². The Kier molecular flexibility index (Phi) is 3.59. The highest BCUT2D eigenvalue weighted by Crippen LogP contribution is 2.18. The number of piperidine rings is 1. The number of hydrogen-bond donors (Lipinski definition) is 1. The van der Waals surface area contributed by atoms with Crippen LogP contribution in [0.25, 0.3) is 0 Å². The molecule has 4 heteroatoms. The highest BCUT2D eigenvalue weighted by molar-refractivity contribution is 9.11. The summed E-state index contributed by atoms with van der Waals surface area (Å²) in [6.45, 7) is 1.33. The zero-order valence-electron chi connectivity index (χ0n) is 6.74. The number of likely N-dealkylation sites (tertiary alicyclic amines) is 1. The van der Waals surface area contributed by atoms with Gasteiger partial charge >= 0.3 is 6.09 Å². The molecule has 0 spiro atoms. The maximum absolute atomic E-state index is 10.5. The summed E-state index contributed by atoms with van der Waals surface area (Å²) in [5, 5.41) is 8.65. The third kappa shape index (κ3) is 2.52. The Labute approximate surface area is 80.2 Å². The maximum Gasteiger partial charge on any atom is 0.407 e. The van der Waals surface area contributed by atoms with E-state index in [-0.39, 0.29) is 0 Å². The normalized spacial score (nSPS) is 20.2. The molecule has 0 unspecified atom stereocenters. The first-order valence-corrected chi connectivity index (χ1v) is 4.90. The Morgan fingerprint density at radius 2 is 2.08 bits per heavy atom. The van der Waals surface area contributed by atoms with E-state index in [9.17, 15) is 4.79 Å². The van der Waals surface area contributed by atoms with Gasteiger partial charge in [0.05, 0.1) is 0 Å². The van der Waals surface area contributed by atoms with Gasteiger partial charge in [0.2, 0.25) is 0 Å². The van der Waals surface area contributed by atoms with Crippen LogP contribution in [0.2, 0.25) is 0 Å². The van der Waals surface area contributed by atoms with Crippen LogP contribution in [0.1, 0.15) is 12.8 Å². The zero-order chi connectivity index (χ0) is 8.97. The van der Waals surface area contributed by atoms with Gasteiger partial charge in [0.1, 0.15) is 0 Å². The van der Waals surface area contributed by atoms with Crippen LogP contribution >= 0.6 is 15.9 Å². The predicted molar refractivity (Wildman–Crippen MR) is 50.4 cm³/mol. The summed E-state index contributed by atoms with van der Waals surface area (Å²) in [7, 11) is 0. The molecule has 0 aromatic heterocycles. The molecule has 1 heterocycles. The van der Waals surface area contributed by atoms with E-state index in [4.69, 9.17) is 5.11 Å². The summed E-state index contributed by atoms with van der Waals surface area (Å²) in [4.78, 5) is 13.8. The largest absolute Gasteiger partial charge is 0.465 e. The van der Waals surface area contributed by atoms with Crippen molar-refractivity contribution in [1.82, 2.24) is 4.90 Å². The van der Waals surface area contributed by atoms with Gasteiger partial charge in [-0.25, -0.2) is 4.79 Å². The first-order chi connectivity index (χ1) is 5.74. The molecule has 1 saturated heterocycles. The Bertz CT molecular complexity index is 185. The van der Waals surface area contributed by atoms with Crippen molar-refractivity contribution in [3.63, 3.8) is 0 Å². The van der Waals surface area contributed by atoms with Gasteiger partial charge in [0.25, 0.3) is 0 Å². The topological polar surface area (TPSA) is 40.5 Å². The third-order valence-electron chi connectivity index (χ3n) is 2.16. The Morgan fingerprint density at radius 1 is 1.50 bits per heavy atom. The second-order valence-corrected chi connectivity index (χ2v) is 3.45. The quantitative estimate of drug-likeness (QED) is 0.756. The summed E-state index contributed by atoms with van der Waals surface area (Å²) < 4.78 is 0.